The average molecular weight is 289 g/mol. The lowest BCUT2D eigenvalue weighted by atomic mass is 10.1. The molecule has 1 aromatic carbocycles. The number of ether oxygens (including phenoxy) is 1. The van der Waals surface area contributed by atoms with E-state index in [1.807, 2.05) is 32.0 Å². The summed E-state index contributed by atoms with van der Waals surface area (Å²) in [5.74, 6) is 1.67. The first-order valence-corrected chi connectivity index (χ1v) is 8.07. The standard InChI is InChI=1S/C18H27NO2/c1-5-21-17-9-6-15(12-14(17)4)18(20)19(16-7-8-16)11-10-13(2)3/h6,9,12-13,16H,5,7-8,10-11H2,1-4H3. The highest BCUT2D eigenvalue weighted by molar-refractivity contribution is 5.95. The Balaban J connectivity index is 2.11. The van der Waals surface area contributed by atoms with E-state index in [2.05, 4.69) is 18.7 Å². The number of hydrogen-bond donors (Lipinski definition) is 0. The summed E-state index contributed by atoms with van der Waals surface area (Å²) in [6, 6.07) is 6.23. The van der Waals surface area contributed by atoms with Gasteiger partial charge in [-0.25, -0.2) is 0 Å². The van der Waals surface area contributed by atoms with Gasteiger partial charge in [0.05, 0.1) is 6.61 Å². The average Bonchev–Trinajstić information content (AvgIpc) is 3.25. The lowest BCUT2D eigenvalue weighted by Crippen LogP contribution is -2.34. The molecule has 1 fully saturated rings. The zero-order valence-corrected chi connectivity index (χ0v) is 13.7. The van der Waals surface area contributed by atoms with Crippen LogP contribution in [0.1, 0.15) is 56.0 Å². The number of rotatable bonds is 7. The van der Waals surface area contributed by atoms with Crippen molar-refractivity contribution in [1.29, 1.82) is 0 Å². The van der Waals surface area contributed by atoms with Crippen LogP contribution in [0.4, 0.5) is 0 Å². The number of benzene rings is 1. The molecule has 0 atom stereocenters. The Labute approximate surface area is 128 Å². The third kappa shape index (κ3) is 4.23. The molecule has 0 aromatic heterocycles. The Kier molecular flexibility index (Phi) is 5.27. The van der Waals surface area contributed by atoms with Gasteiger partial charge in [-0.2, -0.15) is 0 Å². The van der Waals surface area contributed by atoms with Gasteiger partial charge in [-0.05, 0) is 62.8 Å². The summed E-state index contributed by atoms with van der Waals surface area (Å²) in [7, 11) is 0. The molecule has 0 aliphatic heterocycles. The Morgan fingerprint density at radius 1 is 1.38 bits per heavy atom. The summed E-state index contributed by atoms with van der Waals surface area (Å²) in [5, 5.41) is 0. The van der Waals surface area contributed by atoms with Crippen LogP contribution < -0.4 is 4.74 Å². The molecule has 1 aliphatic carbocycles. The van der Waals surface area contributed by atoms with E-state index in [0.29, 0.717) is 18.6 Å². The van der Waals surface area contributed by atoms with Gasteiger partial charge in [0.1, 0.15) is 5.75 Å². The maximum absolute atomic E-state index is 12.7. The maximum Gasteiger partial charge on any atom is 0.254 e. The summed E-state index contributed by atoms with van der Waals surface area (Å²) in [6.45, 7) is 9.90. The van der Waals surface area contributed by atoms with Crippen molar-refractivity contribution in [1.82, 2.24) is 4.90 Å². The van der Waals surface area contributed by atoms with Crippen molar-refractivity contribution in [3.63, 3.8) is 0 Å². The van der Waals surface area contributed by atoms with Crippen molar-refractivity contribution in [3.05, 3.63) is 29.3 Å². The Morgan fingerprint density at radius 3 is 2.62 bits per heavy atom. The van der Waals surface area contributed by atoms with Crippen molar-refractivity contribution in [3.8, 4) is 5.75 Å². The monoisotopic (exact) mass is 289 g/mol. The first-order valence-electron chi connectivity index (χ1n) is 8.07. The van der Waals surface area contributed by atoms with Crippen molar-refractivity contribution in [2.75, 3.05) is 13.2 Å². The molecule has 1 aromatic rings. The van der Waals surface area contributed by atoms with Gasteiger partial charge in [-0.3, -0.25) is 4.79 Å². The summed E-state index contributed by atoms with van der Waals surface area (Å²) in [4.78, 5) is 14.8. The Bertz CT molecular complexity index is 492. The van der Waals surface area contributed by atoms with E-state index >= 15 is 0 Å². The number of carbonyl (C=O) groups excluding carboxylic acids is 1. The van der Waals surface area contributed by atoms with Crippen LogP contribution in [0.15, 0.2) is 18.2 Å². The molecule has 0 spiro atoms. The SMILES string of the molecule is CCOc1ccc(C(=O)N(CCC(C)C)C2CC2)cc1C. The van der Waals surface area contributed by atoms with Crippen molar-refractivity contribution in [2.24, 2.45) is 5.92 Å². The molecule has 21 heavy (non-hydrogen) atoms. The molecule has 0 radical (unpaired) electrons. The van der Waals surface area contributed by atoms with Crippen LogP contribution in [0.3, 0.4) is 0 Å². The zero-order chi connectivity index (χ0) is 15.4. The minimum Gasteiger partial charge on any atom is -0.494 e. The molecule has 2 rings (SSSR count). The topological polar surface area (TPSA) is 29.5 Å². The van der Waals surface area contributed by atoms with E-state index in [0.717, 1.165) is 42.7 Å². The van der Waals surface area contributed by atoms with Gasteiger partial charge in [0, 0.05) is 18.2 Å². The number of amides is 1. The lowest BCUT2D eigenvalue weighted by Gasteiger charge is -2.24. The second kappa shape index (κ2) is 6.97. The number of hydrogen-bond acceptors (Lipinski definition) is 2. The smallest absolute Gasteiger partial charge is 0.254 e. The van der Waals surface area contributed by atoms with E-state index < -0.39 is 0 Å². The van der Waals surface area contributed by atoms with Crippen LogP contribution in [-0.2, 0) is 0 Å². The molecule has 1 aliphatic rings. The highest BCUT2D eigenvalue weighted by Gasteiger charge is 2.32. The second-order valence-electron chi connectivity index (χ2n) is 6.33. The highest BCUT2D eigenvalue weighted by atomic mass is 16.5. The fourth-order valence-corrected chi connectivity index (χ4v) is 2.50. The van der Waals surface area contributed by atoms with Gasteiger partial charge in [-0.15, -0.1) is 0 Å². The third-order valence-corrected chi connectivity index (χ3v) is 3.92. The number of nitrogens with zero attached hydrogens (tertiary/aromatic N) is 1. The molecule has 1 saturated carbocycles. The van der Waals surface area contributed by atoms with Crippen molar-refractivity contribution < 1.29 is 9.53 Å². The summed E-state index contributed by atoms with van der Waals surface area (Å²) in [6.07, 6.45) is 3.37. The zero-order valence-electron chi connectivity index (χ0n) is 13.7. The summed E-state index contributed by atoms with van der Waals surface area (Å²) < 4.78 is 5.55. The first-order chi connectivity index (χ1) is 10.0. The normalized spacial score (nSPS) is 14.3. The van der Waals surface area contributed by atoms with E-state index in [1.165, 1.54) is 0 Å². The molecular formula is C18H27NO2. The predicted molar refractivity (Wildman–Crippen MR) is 85.9 cm³/mol. The molecule has 0 bridgehead atoms. The molecule has 0 N–H and O–H groups in total. The van der Waals surface area contributed by atoms with Crippen molar-refractivity contribution >= 4 is 5.91 Å². The fourth-order valence-electron chi connectivity index (χ4n) is 2.50. The molecule has 3 nitrogen and oxygen atoms in total. The van der Waals surface area contributed by atoms with Crippen LogP contribution in [-0.4, -0.2) is 30.0 Å². The maximum atomic E-state index is 12.7. The van der Waals surface area contributed by atoms with Crippen LogP contribution in [0.25, 0.3) is 0 Å². The van der Waals surface area contributed by atoms with Gasteiger partial charge in [0.25, 0.3) is 5.91 Å². The van der Waals surface area contributed by atoms with Crippen LogP contribution in [0.2, 0.25) is 0 Å². The van der Waals surface area contributed by atoms with Crippen LogP contribution in [0, 0.1) is 12.8 Å². The first kappa shape index (κ1) is 15.9. The minimum atomic E-state index is 0.171. The lowest BCUT2D eigenvalue weighted by molar-refractivity contribution is 0.0735. The Morgan fingerprint density at radius 2 is 2.10 bits per heavy atom. The molecular weight excluding hydrogens is 262 g/mol. The second-order valence-corrected chi connectivity index (χ2v) is 6.33. The molecule has 116 valence electrons. The van der Waals surface area contributed by atoms with Crippen molar-refractivity contribution in [2.45, 2.75) is 53.0 Å². The molecule has 1 amide bonds. The van der Waals surface area contributed by atoms with Gasteiger partial charge in [0.2, 0.25) is 0 Å². The van der Waals surface area contributed by atoms with Gasteiger partial charge >= 0.3 is 0 Å². The largest absolute Gasteiger partial charge is 0.494 e. The quantitative estimate of drug-likeness (QED) is 0.758. The molecule has 0 saturated heterocycles. The fraction of sp³-hybridized carbons (Fsp3) is 0.611. The summed E-state index contributed by atoms with van der Waals surface area (Å²) >= 11 is 0. The minimum absolute atomic E-state index is 0.171. The van der Waals surface area contributed by atoms with E-state index in [-0.39, 0.29) is 5.91 Å². The van der Waals surface area contributed by atoms with Gasteiger partial charge in [0.15, 0.2) is 0 Å². The summed E-state index contributed by atoms with van der Waals surface area (Å²) in [5.41, 5.74) is 1.81. The molecule has 0 heterocycles. The van der Waals surface area contributed by atoms with E-state index in [1.54, 1.807) is 0 Å². The molecule has 0 unspecified atom stereocenters. The predicted octanol–water partition coefficient (Wildman–Crippen LogP) is 4.04. The van der Waals surface area contributed by atoms with Crippen LogP contribution in [0.5, 0.6) is 5.75 Å². The van der Waals surface area contributed by atoms with Crippen LogP contribution >= 0.6 is 0 Å². The Hall–Kier alpha value is -1.51. The third-order valence-electron chi connectivity index (χ3n) is 3.92. The number of aryl methyl sites for hydroxylation is 1. The van der Waals surface area contributed by atoms with E-state index in [4.69, 9.17) is 4.74 Å². The number of carbonyl (C=O) groups is 1. The van der Waals surface area contributed by atoms with E-state index in [9.17, 15) is 4.79 Å². The highest BCUT2D eigenvalue weighted by Crippen LogP contribution is 2.29. The van der Waals surface area contributed by atoms with Gasteiger partial charge < -0.3 is 9.64 Å². The molecule has 3 heteroatoms. The van der Waals surface area contributed by atoms with Gasteiger partial charge in [-0.1, -0.05) is 13.8 Å².